The normalized spacial score (nSPS) is 10.4. The van der Waals surface area contributed by atoms with Crippen LogP contribution >= 0.6 is 31.9 Å². The molecular weight excluding hydrogens is 498 g/mol. The Kier molecular flexibility index (Phi) is 6.21. The van der Waals surface area contributed by atoms with E-state index in [0.717, 1.165) is 0 Å². The van der Waals surface area contributed by atoms with Crippen LogP contribution in [0.1, 0.15) is 20.7 Å². The van der Waals surface area contributed by atoms with Crippen LogP contribution in [0.25, 0.3) is 0 Å². The Balaban J connectivity index is 1.81. The highest BCUT2D eigenvalue weighted by atomic mass is 79.9. The fraction of sp³-hybridized carbons (Fsp3) is 0. The molecule has 0 bridgehead atoms. The Morgan fingerprint density at radius 3 is 1.36 bits per heavy atom. The summed E-state index contributed by atoms with van der Waals surface area (Å²) >= 11 is 6.71. The van der Waals surface area contributed by atoms with Crippen LogP contribution in [0.15, 0.2) is 69.6 Å². The summed E-state index contributed by atoms with van der Waals surface area (Å²) in [5.74, 6) is -1.74. The van der Waals surface area contributed by atoms with E-state index in [1.165, 1.54) is 48.5 Å². The van der Waals surface area contributed by atoms with Crippen molar-refractivity contribution in [2.45, 2.75) is 0 Å². The smallest absolute Gasteiger partial charge is 0.255 e. The zero-order chi connectivity index (χ0) is 20.3. The first-order valence-corrected chi connectivity index (χ1v) is 9.55. The molecule has 0 saturated heterocycles. The first-order chi connectivity index (χ1) is 13.3. The van der Waals surface area contributed by atoms with Crippen LogP contribution in [0.5, 0.6) is 0 Å². The Morgan fingerprint density at radius 1 is 0.643 bits per heavy atom. The average molecular weight is 510 g/mol. The molecule has 0 heterocycles. The quantitative estimate of drug-likeness (QED) is 0.453. The molecule has 0 aliphatic rings. The van der Waals surface area contributed by atoms with Crippen molar-refractivity contribution in [3.8, 4) is 0 Å². The van der Waals surface area contributed by atoms with Gasteiger partial charge >= 0.3 is 0 Å². The van der Waals surface area contributed by atoms with Gasteiger partial charge in [0.05, 0.1) is 11.4 Å². The van der Waals surface area contributed by atoms with Gasteiger partial charge in [0.1, 0.15) is 11.6 Å². The van der Waals surface area contributed by atoms with Gasteiger partial charge in [-0.05, 0) is 92.5 Å². The van der Waals surface area contributed by atoms with Crippen LogP contribution in [0.3, 0.4) is 0 Å². The largest absolute Gasteiger partial charge is 0.321 e. The predicted molar refractivity (Wildman–Crippen MR) is 111 cm³/mol. The maximum absolute atomic E-state index is 13.0. The number of carbonyl (C=O) groups is 2. The number of halogens is 4. The maximum atomic E-state index is 13.0. The van der Waals surface area contributed by atoms with Gasteiger partial charge in [-0.3, -0.25) is 9.59 Å². The summed E-state index contributed by atoms with van der Waals surface area (Å²) in [5, 5.41) is 5.41. The van der Waals surface area contributed by atoms with E-state index in [9.17, 15) is 18.4 Å². The van der Waals surface area contributed by atoms with Crippen molar-refractivity contribution in [1.29, 1.82) is 0 Å². The number of rotatable bonds is 4. The van der Waals surface area contributed by atoms with Crippen molar-refractivity contribution in [2.75, 3.05) is 10.6 Å². The van der Waals surface area contributed by atoms with Crippen LogP contribution in [0.4, 0.5) is 20.2 Å². The number of nitrogens with one attached hydrogen (secondary N) is 2. The summed E-state index contributed by atoms with van der Waals surface area (Å²) < 4.78 is 27.2. The predicted octanol–water partition coefficient (Wildman–Crippen LogP) is 5.99. The highest BCUT2D eigenvalue weighted by Gasteiger charge is 2.14. The van der Waals surface area contributed by atoms with E-state index < -0.39 is 23.4 Å². The lowest BCUT2D eigenvalue weighted by atomic mass is 10.2. The molecule has 0 radical (unpaired) electrons. The van der Waals surface area contributed by atoms with E-state index >= 15 is 0 Å². The van der Waals surface area contributed by atoms with Crippen LogP contribution in [-0.4, -0.2) is 11.8 Å². The third kappa shape index (κ3) is 4.82. The van der Waals surface area contributed by atoms with Gasteiger partial charge in [-0.1, -0.05) is 0 Å². The number of anilines is 2. The highest BCUT2D eigenvalue weighted by molar-refractivity contribution is 9.11. The van der Waals surface area contributed by atoms with Gasteiger partial charge in [0.25, 0.3) is 11.8 Å². The lowest BCUT2D eigenvalue weighted by Crippen LogP contribution is -2.15. The van der Waals surface area contributed by atoms with Crippen molar-refractivity contribution in [2.24, 2.45) is 0 Å². The lowest BCUT2D eigenvalue weighted by Gasteiger charge is -2.13. The first-order valence-electron chi connectivity index (χ1n) is 7.96. The molecule has 3 rings (SSSR count). The lowest BCUT2D eigenvalue weighted by molar-refractivity contribution is 0.101. The number of hydrogen-bond acceptors (Lipinski definition) is 2. The first kappa shape index (κ1) is 20.2. The molecule has 3 aromatic carbocycles. The van der Waals surface area contributed by atoms with Crippen molar-refractivity contribution in [3.63, 3.8) is 0 Å². The molecule has 4 nitrogen and oxygen atoms in total. The number of hydrogen-bond donors (Lipinski definition) is 2. The third-order valence-electron chi connectivity index (χ3n) is 3.77. The zero-order valence-electron chi connectivity index (χ0n) is 14.1. The summed E-state index contributed by atoms with van der Waals surface area (Å²) in [5.41, 5.74) is 1.39. The van der Waals surface area contributed by atoms with Gasteiger partial charge in [-0.25, -0.2) is 8.78 Å². The Labute approximate surface area is 176 Å². The molecule has 0 fully saturated rings. The molecule has 3 aromatic rings. The van der Waals surface area contributed by atoms with Gasteiger partial charge in [0.2, 0.25) is 0 Å². The summed E-state index contributed by atoms with van der Waals surface area (Å²) in [6, 6.07) is 13.5. The molecule has 0 spiro atoms. The second-order valence-electron chi connectivity index (χ2n) is 5.73. The molecule has 0 unspecified atom stereocenters. The summed E-state index contributed by atoms with van der Waals surface area (Å²) in [7, 11) is 0. The Morgan fingerprint density at radius 2 is 1.00 bits per heavy atom. The van der Waals surface area contributed by atoms with Crippen molar-refractivity contribution in [1.82, 2.24) is 0 Å². The molecule has 0 aliphatic carbocycles. The second-order valence-corrected chi connectivity index (χ2v) is 7.44. The van der Waals surface area contributed by atoms with Crippen molar-refractivity contribution < 1.29 is 18.4 Å². The summed E-state index contributed by atoms with van der Waals surface area (Å²) in [4.78, 5) is 24.7. The maximum Gasteiger partial charge on any atom is 0.255 e. The van der Waals surface area contributed by atoms with Crippen molar-refractivity contribution in [3.05, 3.63) is 92.4 Å². The number of amides is 2. The minimum Gasteiger partial charge on any atom is -0.321 e. The van der Waals surface area contributed by atoms with Gasteiger partial charge < -0.3 is 10.6 Å². The van der Waals surface area contributed by atoms with E-state index in [2.05, 4.69) is 42.5 Å². The van der Waals surface area contributed by atoms with Gasteiger partial charge in [-0.15, -0.1) is 0 Å². The van der Waals surface area contributed by atoms with Crippen LogP contribution in [0.2, 0.25) is 0 Å². The molecule has 2 N–H and O–H groups in total. The SMILES string of the molecule is O=C(Nc1cc(NC(=O)c2ccc(F)cc2)c(Br)cc1Br)c1ccc(F)cc1. The average Bonchev–Trinajstić information content (AvgIpc) is 2.66. The van der Waals surface area contributed by atoms with E-state index in [1.54, 1.807) is 12.1 Å². The standard InChI is InChI=1S/C20H12Br2F2N2O2/c21-15-9-16(22)18(26-20(28)12-3-7-14(24)8-4-12)10-17(15)25-19(27)11-1-5-13(23)6-2-11/h1-10H,(H,25,27)(H,26,28). The minimum atomic E-state index is -0.438. The van der Waals surface area contributed by atoms with Crippen molar-refractivity contribution >= 4 is 55.0 Å². The molecule has 0 aliphatic heterocycles. The van der Waals surface area contributed by atoms with Gasteiger partial charge in [-0.2, -0.15) is 0 Å². The molecule has 0 aromatic heterocycles. The fourth-order valence-electron chi connectivity index (χ4n) is 2.33. The van der Waals surface area contributed by atoms with E-state index in [4.69, 9.17) is 0 Å². The van der Waals surface area contributed by atoms with E-state index in [0.29, 0.717) is 20.3 Å². The second kappa shape index (κ2) is 8.62. The minimum absolute atomic E-state index is 0.285. The number of benzene rings is 3. The van der Waals surface area contributed by atoms with E-state index in [1.807, 2.05) is 0 Å². The van der Waals surface area contributed by atoms with Gasteiger partial charge in [0.15, 0.2) is 0 Å². The molecule has 0 saturated carbocycles. The molecule has 142 valence electrons. The number of carbonyl (C=O) groups excluding carboxylic acids is 2. The fourth-order valence-corrected chi connectivity index (χ4v) is 3.52. The molecule has 28 heavy (non-hydrogen) atoms. The van der Waals surface area contributed by atoms with Gasteiger partial charge in [0, 0.05) is 20.1 Å². The summed E-state index contributed by atoms with van der Waals surface area (Å²) in [6.45, 7) is 0. The monoisotopic (exact) mass is 508 g/mol. The Hall–Kier alpha value is -2.58. The highest BCUT2D eigenvalue weighted by Crippen LogP contribution is 2.33. The molecular formula is C20H12Br2F2N2O2. The van der Waals surface area contributed by atoms with Crippen LogP contribution in [-0.2, 0) is 0 Å². The molecule has 2 amide bonds. The van der Waals surface area contributed by atoms with E-state index in [-0.39, 0.29) is 11.1 Å². The third-order valence-corrected chi connectivity index (χ3v) is 5.08. The topological polar surface area (TPSA) is 58.2 Å². The van der Waals surface area contributed by atoms with Crippen LogP contribution < -0.4 is 10.6 Å². The summed E-state index contributed by atoms with van der Waals surface area (Å²) in [6.07, 6.45) is 0. The molecule has 8 heteroatoms. The zero-order valence-corrected chi connectivity index (χ0v) is 17.3. The Bertz CT molecular complexity index is 959. The van der Waals surface area contributed by atoms with Crippen LogP contribution in [0, 0.1) is 11.6 Å². The molecule has 0 atom stereocenters.